The number of rotatable bonds is 5. The fourth-order valence-electron chi connectivity index (χ4n) is 1.87. The predicted molar refractivity (Wildman–Crippen MR) is 70.9 cm³/mol. The minimum Gasteiger partial charge on any atom is -0.481 e. The van der Waals surface area contributed by atoms with Crippen LogP contribution < -0.4 is 0 Å². The summed E-state index contributed by atoms with van der Waals surface area (Å²) >= 11 is 1.48. The summed E-state index contributed by atoms with van der Waals surface area (Å²) in [6, 6.07) is 0. The van der Waals surface area contributed by atoms with Crippen LogP contribution in [0.5, 0.6) is 0 Å². The summed E-state index contributed by atoms with van der Waals surface area (Å²) in [5.74, 6) is -0.934. The zero-order valence-corrected chi connectivity index (χ0v) is 11.8. The van der Waals surface area contributed by atoms with Crippen molar-refractivity contribution in [1.82, 2.24) is 14.8 Å². The number of amides is 1. The largest absolute Gasteiger partial charge is 0.481 e. The van der Waals surface area contributed by atoms with Crippen LogP contribution in [-0.4, -0.2) is 59.0 Å². The van der Waals surface area contributed by atoms with Crippen LogP contribution in [0, 0.1) is 5.92 Å². The third kappa shape index (κ3) is 3.51. The van der Waals surface area contributed by atoms with Gasteiger partial charge in [-0.2, -0.15) is 0 Å². The molecule has 0 saturated carbocycles. The van der Waals surface area contributed by atoms with Crippen molar-refractivity contribution in [3.8, 4) is 0 Å². The number of thiazole rings is 1. The first-order valence-corrected chi connectivity index (χ1v) is 6.92. The number of nitrogens with zero attached hydrogens (tertiary/aromatic N) is 3. The van der Waals surface area contributed by atoms with Crippen molar-refractivity contribution in [2.75, 3.05) is 27.2 Å². The van der Waals surface area contributed by atoms with Crippen molar-refractivity contribution >= 4 is 23.2 Å². The molecule has 1 aromatic heterocycles. The molecule has 1 fully saturated rings. The van der Waals surface area contributed by atoms with Gasteiger partial charge in [-0.15, -0.1) is 11.3 Å². The Morgan fingerprint density at radius 3 is 2.79 bits per heavy atom. The maximum Gasteiger partial charge on any atom is 0.309 e. The minimum atomic E-state index is -0.730. The summed E-state index contributed by atoms with van der Waals surface area (Å²) in [4.78, 5) is 30.2. The van der Waals surface area contributed by atoms with E-state index in [4.69, 9.17) is 5.11 Å². The molecular formula is C12H17N3O3S. The molecule has 2 rings (SSSR count). The first-order chi connectivity index (χ1) is 8.95. The molecule has 0 bridgehead atoms. The van der Waals surface area contributed by atoms with Crippen molar-refractivity contribution in [2.45, 2.75) is 13.0 Å². The Bertz CT molecular complexity index is 480. The Morgan fingerprint density at radius 1 is 1.53 bits per heavy atom. The van der Waals surface area contributed by atoms with E-state index >= 15 is 0 Å². The van der Waals surface area contributed by atoms with Gasteiger partial charge in [0.05, 0.1) is 18.0 Å². The molecule has 19 heavy (non-hydrogen) atoms. The van der Waals surface area contributed by atoms with Crippen LogP contribution in [0.3, 0.4) is 0 Å². The summed E-state index contributed by atoms with van der Waals surface area (Å²) < 4.78 is 0. The van der Waals surface area contributed by atoms with E-state index in [2.05, 4.69) is 4.98 Å². The maximum atomic E-state index is 11.5. The molecule has 0 atom stereocenters. The van der Waals surface area contributed by atoms with E-state index in [-0.39, 0.29) is 11.8 Å². The second-order valence-electron chi connectivity index (χ2n) is 4.93. The average molecular weight is 283 g/mol. The van der Waals surface area contributed by atoms with Crippen molar-refractivity contribution in [1.29, 1.82) is 0 Å². The highest BCUT2D eigenvalue weighted by molar-refractivity contribution is 7.09. The minimum absolute atomic E-state index is 0.0378. The molecule has 0 unspecified atom stereocenters. The fourth-order valence-corrected chi connectivity index (χ4v) is 2.65. The number of carboxylic acids is 1. The highest BCUT2D eigenvalue weighted by Crippen LogP contribution is 2.20. The first kappa shape index (κ1) is 14.0. The van der Waals surface area contributed by atoms with Crippen molar-refractivity contribution in [2.24, 2.45) is 5.92 Å². The maximum absolute atomic E-state index is 11.5. The van der Waals surface area contributed by atoms with E-state index < -0.39 is 5.97 Å². The van der Waals surface area contributed by atoms with Gasteiger partial charge in [0.2, 0.25) is 5.91 Å². The highest BCUT2D eigenvalue weighted by atomic mass is 32.1. The molecule has 0 radical (unpaired) electrons. The van der Waals surface area contributed by atoms with Gasteiger partial charge in [0.25, 0.3) is 0 Å². The lowest BCUT2D eigenvalue weighted by molar-refractivity contribution is -0.147. The van der Waals surface area contributed by atoms with E-state index in [0.29, 0.717) is 26.1 Å². The summed E-state index contributed by atoms with van der Waals surface area (Å²) in [6.45, 7) is 1.83. The second-order valence-corrected chi connectivity index (χ2v) is 5.87. The van der Waals surface area contributed by atoms with Gasteiger partial charge in [-0.3, -0.25) is 14.5 Å². The Kier molecular flexibility index (Phi) is 4.16. The monoisotopic (exact) mass is 283 g/mol. The molecular weight excluding hydrogens is 266 g/mol. The van der Waals surface area contributed by atoms with Gasteiger partial charge in [0.1, 0.15) is 5.01 Å². The number of hydrogen-bond acceptors (Lipinski definition) is 5. The Labute approximate surface area is 115 Å². The molecule has 0 spiro atoms. The molecule has 6 nitrogen and oxygen atoms in total. The fraction of sp³-hybridized carbons (Fsp3) is 0.583. The number of carbonyl (C=O) groups is 2. The van der Waals surface area contributed by atoms with E-state index in [1.165, 1.54) is 11.3 Å². The number of carbonyl (C=O) groups excluding carboxylic acids is 1. The van der Waals surface area contributed by atoms with Crippen molar-refractivity contribution in [3.05, 3.63) is 16.1 Å². The normalized spacial score (nSPS) is 16.1. The quantitative estimate of drug-likeness (QED) is 0.841. The molecule has 1 N–H and O–H groups in total. The molecule has 1 aliphatic heterocycles. The topological polar surface area (TPSA) is 73.7 Å². The summed E-state index contributed by atoms with van der Waals surface area (Å²) in [7, 11) is 3.45. The SMILES string of the molecule is CN(C)C(=O)Cc1nc(CN2CC(C(=O)O)C2)cs1. The number of hydrogen-bond donors (Lipinski definition) is 1. The molecule has 7 heteroatoms. The van der Waals surface area contributed by atoms with Gasteiger partial charge in [-0.1, -0.05) is 0 Å². The van der Waals surface area contributed by atoms with E-state index in [0.717, 1.165) is 10.7 Å². The molecule has 1 saturated heterocycles. The lowest BCUT2D eigenvalue weighted by Crippen LogP contribution is -2.49. The van der Waals surface area contributed by atoms with Gasteiger partial charge in [-0.05, 0) is 0 Å². The third-order valence-electron chi connectivity index (χ3n) is 3.09. The van der Waals surface area contributed by atoms with Gasteiger partial charge >= 0.3 is 5.97 Å². The Balaban J connectivity index is 1.82. The summed E-state index contributed by atoms with van der Waals surface area (Å²) in [5.41, 5.74) is 0.912. The van der Waals surface area contributed by atoms with Crippen LogP contribution in [0.15, 0.2) is 5.38 Å². The Morgan fingerprint density at radius 2 is 2.21 bits per heavy atom. The van der Waals surface area contributed by atoms with Gasteiger partial charge in [0.15, 0.2) is 0 Å². The van der Waals surface area contributed by atoms with E-state index in [1.807, 2.05) is 10.3 Å². The zero-order chi connectivity index (χ0) is 14.0. The van der Waals surface area contributed by atoms with E-state index in [1.54, 1.807) is 19.0 Å². The lowest BCUT2D eigenvalue weighted by Gasteiger charge is -2.35. The number of likely N-dealkylation sites (N-methyl/N-ethyl adjacent to an activating group) is 1. The smallest absolute Gasteiger partial charge is 0.309 e. The van der Waals surface area contributed by atoms with E-state index in [9.17, 15) is 9.59 Å². The number of aliphatic carboxylic acids is 1. The molecule has 0 aromatic carbocycles. The van der Waals surface area contributed by atoms with Gasteiger partial charge in [0, 0.05) is 39.1 Å². The number of likely N-dealkylation sites (tertiary alicyclic amines) is 1. The van der Waals surface area contributed by atoms with Crippen LogP contribution in [-0.2, 0) is 22.6 Å². The number of aromatic nitrogens is 1. The van der Waals surface area contributed by atoms with Crippen molar-refractivity contribution in [3.63, 3.8) is 0 Å². The molecule has 104 valence electrons. The van der Waals surface area contributed by atoms with Crippen molar-refractivity contribution < 1.29 is 14.7 Å². The average Bonchev–Trinajstić information content (AvgIpc) is 2.69. The summed E-state index contributed by atoms with van der Waals surface area (Å²) in [6.07, 6.45) is 0.329. The van der Waals surface area contributed by atoms with Crippen LogP contribution in [0.2, 0.25) is 0 Å². The Hall–Kier alpha value is -1.47. The molecule has 1 aromatic rings. The standard InChI is InChI=1S/C12H17N3O3S/c1-14(2)11(16)3-10-13-9(7-19-10)6-15-4-8(5-15)12(17)18/h7-8H,3-6H2,1-2H3,(H,17,18). The highest BCUT2D eigenvalue weighted by Gasteiger charge is 2.32. The first-order valence-electron chi connectivity index (χ1n) is 6.04. The molecule has 1 amide bonds. The van der Waals surface area contributed by atoms with Crippen LogP contribution in [0.4, 0.5) is 0 Å². The number of carboxylic acid groups (broad SMARTS) is 1. The second kappa shape index (κ2) is 5.66. The van der Waals surface area contributed by atoms with Crippen LogP contribution in [0.25, 0.3) is 0 Å². The van der Waals surface area contributed by atoms with Gasteiger partial charge in [-0.25, -0.2) is 4.98 Å². The summed E-state index contributed by atoms with van der Waals surface area (Å²) in [5, 5.41) is 11.5. The van der Waals surface area contributed by atoms with Crippen LogP contribution in [0.1, 0.15) is 10.7 Å². The lowest BCUT2D eigenvalue weighted by atomic mass is 10.0. The molecule has 0 aliphatic carbocycles. The predicted octanol–water partition coefficient (Wildman–Crippen LogP) is 0.290. The molecule has 2 heterocycles. The third-order valence-corrected chi connectivity index (χ3v) is 3.99. The van der Waals surface area contributed by atoms with Crippen LogP contribution >= 0.6 is 11.3 Å². The molecule has 1 aliphatic rings. The zero-order valence-electron chi connectivity index (χ0n) is 11.0. The van der Waals surface area contributed by atoms with Gasteiger partial charge < -0.3 is 10.0 Å².